The smallest absolute Gasteiger partial charge is 0.310 e. The third kappa shape index (κ3) is 3.76. The molecular formula is C13H16O5. The fourth-order valence-electron chi connectivity index (χ4n) is 1.55. The van der Waals surface area contributed by atoms with Crippen LogP contribution in [0.25, 0.3) is 0 Å². The summed E-state index contributed by atoms with van der Waals surface area (Å²) in [7, 11) is 4.18. The molecule has 0 amide bonds. The highest BCUT2D eigenvalue weighted by molar-refractivity contribution is 5.75. The second-order valence-electron chi connectivity index (χ2n) is 3.65. The van der Waals surface area contributed by atoms with Gasteiger partial charge in [0, 0.05) is 5.56 Å². The third-order valence-corrected chi connectivity index (χ3v) is 2.48. The summed E-state index contributed by atoms with van der Waals surface area (Å²) in [6.07, 6.45) is 0.267. The van der Waals surface area contributed by atoms with Gasteiger partial charge in [-0.3, -0.25) is 9.59 Å². The van der Waals surface area contributed by atoms with Gasteiger partial charge < -0.3 is 14.2 Å². The maximum Gasteiger partial charge on any atom is 0.310 e. The SMILES string of the molecule is COC(=O)Cc1ccc(OC)c(CC(=O)OC)c1. The van der Waals surface area contributed by atoms with Gasteiger partial charge in [-0.15, -0.1) is 0 Å². The molecule has 0 aliphatic rings. The summed E-state index contributed by atoms with van der Waals surface area (Å²) in [5.41, 5.74) is 1.45. The van der Waals surface area contributed by atoms with Crippen molar-refractivity contribution >= 4 is 11.9 Å². The molecule has 0 aliphatic heterocycles. The predicted molar refractivity (Wildman–Crippen MR) is 64.4 cm³/mol. The van der Waals surface area contributed by atoms with E-state index in [0.717, 1.165) is 5.56 Å². The predicted octanol–water partition coefficient (Wildman–Crippen LogP) is 1.13. The summed E-state index contributed by atoms with van der Waals surface area (Å²) in [6, 6.07) is 5.22. The van der Waals surface area contributed by atoms with E-state index in [2.05, 4.69) is 9.47 Å². The fourth-order valence-corrected chi connectivity index (χ4v) is 1.55. The first-order chi connectivity index (χ1) is 8.60. The Morgan fingerprint density at radius 3 is 2.17 bits per heavy atom. The Morgan fingerprint density at radius 2 is 1.61 bits per heavy atom. The summed E-state index contributed by atoms with van der Waals surface area (Å²) < 4.78 is 14.4. The van der Waals surface area contributed by atoms with Crippen molar-refractivity contribution < 1.29 is 23.8 Å². The standard InChI is InChI=1S/C13H16O5/c1-16-11-5-4-9(7-12(14)17-2)6-10(11)8-13(15)18-3/h4-6H,7-8H2,1-3H3. The van der Waals surface area contributed by atoms with E-state index in [0.29, 0.717) is 11.3 Å². The van der Waals surface area contributed by atoms with Gasteiger partial charge in [0.05, 0.1) is 34.2 Å². The van der Waals surface area contributed by atoms with Gasteiger partial charge in [0.15, 0.2) is 0 Å². The molecule has 1 aromatic carbocycles. The van der Waals surface area contributed by atoms with Crippen molar-refractivity contribution in [2.75, 3.05) is 21.3 Å². The van der Waals surface area contributed by atoms with Crippen molar-refractivity contribution in [2.24, 2.45) is 0 Å². The van der Waals surface area contributed by atoms with Gasteiger partial charge in [0.2, 0.25) is 0 Å². The highest BCUT2D eigenvalue weighted by Gasteiger charge is 2.11. The van der Waals surface area contributed by atoms with Gasteiger partial charge >= 0.3 is 11.9 Å². The number of carbonyl (C=O) groups is 2. The first-order valence-corrected chi connectivity index (χ1v) is 5.40. The molecule has 1 rings (SSSR count). The van der Waals surface area contributed by atoms with Crippen molar-refractivity contribution in [2.45, 2.75) is 12.8 Å². The van der Waals surface area contributed by atoms with Crippen LogP contribution in [0.3, 0.4) is 0 Å². The molecule has 0 aromatic heterocycles. The minimum atomic E-state index is -0.358. The average molecular weight is 252 g/mol. The molecule has 0 radical (unpaired) electrons. The van der Waals surface area contributed by atoms with Gasteiger partial charge in [-0.2, -0.15) is 0 Å². The highest BCUT2D eigenvalue weighted by Crippen LogP contribution is 2.21. The number of hydrogen-bond donors (Lipinski definition) is 0. The Kier molecular flexibility index (Phi) is 5.17. The van der Waals surface area contributed by atoms with Crippen LogP contribution in [-0.4, -0.2) is 33.3 Å². The van der Waals surface area contributed by atoms with Crippen molar-refractivity contribution in [1.82, 2.24) is 0 Å². The van der Waals surface area contributed by atoms with Crippen LogP contribution < -0.4 is 4.74 Å². The molecule has 0 bridgehead atoms. The topological polar surface area (TPSA) is 61.8 Å². The van der Waals surface area contributed by atoms with Crippen LogP contribution in [-0.2, 0) is 31.9 Å². The number of ether oxygens (including phenoxy) is 3. The zero-order chi connectivity index (χ0) is 13.5. The number of esters is 2. The van der Waals surface area contributed by atoms with Gasteiger partial charge in [-0.25, -0.2) is 0 Å². The van der Waals surface area contributed by atoms with Crippen LogP contribution in [0.15, 0.2) is 18.2 Å². The first kappa shape index (κ1) is 14.0. The van der Waals surface area contributed by atoms with Crippen LogP contribution >= 0.6 is 0 Å². The van der Waals surface area contributed by atoms with E-state index in [-0.39, 0.29) is 24.8 Å². The Hall–Kier alpha value is -2.04. The molecule has 5 heteroatoms. The lowest BCUT2D eigenvalue weighted by atomic mass is 10.0. The number of rotatable bonds is 5. The lowest BCUT2D eigenvalue weighted by Crippen LogP contribution is -2.08. The van der Waals surface area contributed by atoms with E-state index in [1.807, 2.05) is 0 Å². The van der Waals surface area contributed by atoms with E-state index < -0.39 is 0 Å². The molecule has 0 saturated heterocycles. The summed E-state index contributed by atoms with van der Waals surface area (Å²) >= 11 is 0. The molecule has 0 heterocycles. The monoisotopic (exact) mass is 252 g/mol. The van der Waals surface area contributed by atoms with Gasteiger partial charge in [-0.1, -0.05) is 12.1 Å². The molecular weight excluding hydrogens is 236 g/mol. The molecule has 0 atom stereocenters. The van der Waals surface area contributed by atoms with E-state index in [1.54, 1.807) is 18.2 Å². The fraction of sp³-hybridized carbons (Fsp3) is 0.385. The zero-order valence-corrected chi connectivity index (χ0v) is 10.7. The normalized spacial score (nSPS) is 9.72. The number of hydrogen-bond acceptors (Lipinski definition) is 5. The Balaban J connectivity index is 2.94. The number of carbonyl (C=O) groups excluding carboxylic acids is 2. The summed E-state index contributed by atoms with van der Waals surface area (Å²) in [5.74, 6) is -0.0956. The average Bonchev–Trinajstić information content (AvgIpc) is 2.38. The van der Waals surface area contributed by atoms with Crippen molar-refractivity contribution in [3.63, 3.8) is 0 Å². The molecule has 0 saturated carbocycles. The van der Waals surface area contributed by atoms with E-state index in [9.17, 15) is 9.59 Å². The number of methoxy groups -OCH3 is 3. The van der Waals surface area contributed by atoms with Crippen LogP contribution in [0, 0.1) is 0 Å². The van der Waals surface area contributed by atoms with Gasteiger partial charge in [-0.05, 0) is 11.6 Å². The minimum Gasteiger partial charge on any atom is -0.496 e. The lowest BCUT2D eigenvalue weighted by Gasteiger charge is -2.09. The van der Waals surface area contributed by atoms with E-state index in [4.69, 9.17) is 4.74 Å². The Morgan fingerprint density at radius 1 is 1.00 bits per heavy atom. The van der Waals surface area contributed by atoms with Crippen LogP contribution in [0.1, 0.15) is 11.1 Å². The van der Waals surface area contributed by atoms with E-state index >= 15 is 0 Å². The Bertz CT molecular complexity index is 439. The van der Waals surface area contributed by atoms with Crippen LogP contribution in [0.4, 0.5) is 0 Å². The second-order valence-corrected chi connectivity index (χ2v) is 3.65. The molecule has 0 N–H and O–H groups in total. The van der Waals surface area contributed by atoms with Crippen molar-refractivity contribution in [1.29, 1.82) is 0 Å². The molecule has 0 aliphatic carbocycles. The number of benzene rings is 1. The molecule has 5 nitrogen and oxygen atoms in total. The molecule has 0 fully saturated rings. The lowest BCUT2D eigenvalue weighted by molar-refractivity contribution is -0.140. The van der Waals surface area contributed by atoms with Crippen molar-refractivity contribution in [3.05, 3.63) is 29.3 Å². The molecule has 0 spiro atoms. The minimum absolute atomic E-state index is 0.106. The first-order valence-electron chi connectivity index (χ1n) is 5.40. The summed E-state index contributed by atoms with van der Waals surface area (Å²) in [5, 5.41) is 0. The van der Waals surface area contributed by atoms with E-state index in [1.165, 1.54) is 21.3 Å². The second kappa shape index (κ2) is 6.64. The van der Waals surface area contributed by atoms with Gasteiger partial charge in [0.1, 0.15) is 5.75 Å². The quantitative estimate of drug-likeness (QED) is 0.735. The summed E-state index contributed by atoms with van der Waals surface area (Å²) in [4.78, 5) is 22.4. The zero-order valence-electron chi connectivity index (χ0n) is 10.7. The molecule has 1 aromatic rings. The van der Waals surface area contributed by atoms with Gasteiger partial charge in [0.25, 0.3) is 0 Å². The van der Waals surface area contributed by atoms with Crippen LogP contribution in [0.5, 0.6) is 5.75 Å². The maximum absolute atomic E-state index is 11.3. The third-order valence-electron chi connectivity index (χ3n) is 2.48. The molecule has 98 valence electrons. The Labute approximate surface area is 106 Å². The maximum atomic E-state index is 11.3. The largest absolute Gasteiger partial charge is 0.496 e. The van der Waals surface area contributed by atoms with Crippen molar-refractivity contribution in [3.8, 4) is 5.75 Å². The highest BCUT2D eigenvalue weighted by atomic mass is 16.5. The molecule has 0 unspecified atom stereocenters. The molecule has 18 heavy (non-hydrogen) atoms. The summed E-state index contributed by atoms with van der Waals surface area (Å²) in [6.45, 7) is 0. The van der Waals surface area contributed by atoms with Crippen LogP contribution in [0.2, 0.25) is 0 Å².